The number of rotatable bonds is 4. The average molecular weight is 563 g/mol. The summed E-state index contributed by atoms with van der Waals surface area (Å²) in [5.41, 5.74) is 12.7. The summed E-state index contributed by atoms with van der Waals surface area (Å²) < 4.78 is 13.3. The van der Waals surface area contributed by atoms with Gasteiger partial charge in [-0.2, -0.15) is 0 Å². The van der Waals surface area contributed by atoms with Gasteiger partial charge in [-0.05, 0) is 57.6 Å². The minimum Gasteiger partial charge on any atom is -0.455 e. The molecular weight excluding hydrogens is 536 g/mol. The molecule has 9 aromatic rings. The van der Waals surface area contributed by atoms with Crippen LogP contribution in [0.1, 0.15) is 0 Å². The summed E-state index contributed by atoms with van der Waals surface area (Å²) in [6.45, 7) is 0. The molecule has 2 heterocycles. The molecule has 0 aliphatic rings. The SMILES string of the molecule is c1ccc(-c2cccc(-c3cccc4c3oc3cc5c(cc34)oc3c(-c4cccc(-c6ccccc6)c4)cccc35)c2)cc1. The fourth-order valence-corrected chi connectivity index (χ4v) is 6.54. The highest BCUT2D eigenvalue weighted by Crippen LogP contribution is 2.42. The van der Waals surface area contributed by atoms with Crippen LogP contribution < -0.4 is 0 Å². The van der Waals surface area contributed by atoms with Gasteiger partial charge in [0, 0.05) is 32.7 Å². The van der Waals surface area contributed by atoms with E-state index in [2.05, 4.69) is 146 Å². The van der Waals surface area contributed by atoms with Gasteiger partial charge in [0.25, 0.3) is 0 Å². The van der Waals surface area contributed by atoms with Gasteiger partial charge < -0.3 is 8.83 Å². The minimum atomic E-state index is 0.860. The highest BCUT2D eigenvalue weighted by atomic mass is 16.3. The molecule has 7 aromatic carbocycles. The Kier molecular flexibility index (Phi) is 5.54. The third-order valence-corrected chi connectivity index (χ3v) is 8.68. The van der Waals surface area contributed by atoms with E-state index in [1.807, 2.05) is 12.1 Å². The Hall–Kier alpha value is -5.86. The first-order valence-electron chi connectivity index (χ1n) is 14.9. The van der Waals surface area contributed by atoms with E-state index in [1.165, 1.54) is 22.3 Å². The normalized spacial score (nSPS) is 11.6. The Bertz CT molecular complexity index is 2300. The molecule has 0 atom stereocenters. The molecule has 2 nitrogen and oxygen atoms in total. The van der Waals surface area contributed by atoms with Crippen LogP contribution in [0.15, 0.2) is 167 Å². The standard InChI is InChI=1S/C42H26O2/c1-3-11-27(12-4-1)29-15-7-17-31(23-29)33-19-9-21-35-37-25-40-38(26-39(37)43-41(33)35)36-22-10-20-34(42(36)44-40)32-18-8-16-30(24-32)28-13-5-2-6-14-28/h1-26H. The van der Waals surface area contributed by atoms with E-state index in [9.17, 15) is 0 Å². The maximum atomic E-state index is 6.65. The molecule has 0 aliphatic heterocycles. The molecule has 0 N–H and O–H groups in total. The van der Waals surface area contributed by atoms with Crippen molar-refractivity contribution in [3.8, 4) is 44.5 Å². The van der Waals surface area contributed by atoms with Crippen LogP contribution >= 0.6 is 0 Å². The predicted octanol–water partition coefficient (Wildman–Crippen LogP) is 12.2. The maximum Gasteiger partial charge on any atom is 0.143 e. The number of furan rings is 2. The first kappa shape index (κ1) is 24.7. The molecule has 206 valence electrons. The minimum absolute atomic E-state index is 0.860. The molecule has 9 rings (SSSR count). The van der Waals surface area contributed by atoms with Crippen LogP contribution in [0.3, 0.4) is 0 Å². The second kappa shape index (κ2) is 9.86. The third-order valence-electron chi connectivity index (χ3n) is 8.68. The van der Waals surface area contributed by atoms with Gasteiger partial charge in [0.2, 0.25) is 0 Å². The van der Waals surface area contributed by atoms with Crippen LogP contribution in [0.5, 0.6) is 0 Å². The van der Waals surface area contributed by atoms with E-state index < -0.39 is 0 Å². The molecule has 0 spiro atoms. The second-order valence-electron chi connectivity index (χ2n) is 11.3. The van der Waals surface area contributed by atoms with E-state index in [0.717, 1.165) is 66.1 Å². The molecule has 0 aliphatic carbocycles. The van der Waals surface area contributed by atoms with Gasteiger partial charge in [0.1, 0.15) is 22.3 Å². The van der Waals surface area contributed by atoms with E-state index in [-0.39, 0.29) is 0 Å². The van der Waals surface area contributed by atoms with Gasteiger partial charge in [-0.25, -0.2) is 0 Å². The lowest BCUT2D eigenvalue weighted by atomic mass is 9.97. The van der Waals surface area contributed by atoms with Crippen molar-refractivity contribution in [3.63, 3.8) is 0 Å². The van der Waals surface area contributed by atoms with E-state index in [1.54, 1.807) is 0 Å². The lowest BCUT2D eigenvalue weighted by Gasteiger charge is -2.07. The lowest BCUT2D eigenvalue weighted by molar-refractivity contribution is 0.665. The molecule has 2 aromatic heterocycles. The summed E-state index contributed by atoms with van der Waals surface area (Å²) in [4.78, 5) is 0. The molecule has 0 saturated heterocycles. The predicted molar refractivity (Wildman–Crippen MR) is 183 cm³/mol. The highest BCUT2D eigenvalue weighted by molar-refractivity contribution is 6.17. The topological polar surface area (TPSA) is 26.3 Å². The summed E-state index contributed by atoms with van der Waals surface area (Å²) in [6.07, 6.45) is 0. The number of hydrogen-bond acceptors (Lipinski definition) is 2. The lowest BCUT2D eigenvalue weighted by Crippen LogP contribution is -1.82. The molecule has 2 heteroatoms. The Morgan fingerprint density at radius 3 is 1.11 bits per heavy atom. The van der Waals surface area contributed by atoms with Gasteiger partial charge in [-0.1, -0.05) is 133 Å². The van der Waals surface area contributed by atoms with Crippen LogP contribution in [-0.2, 0) is 0 Å². The summed E-state index contributed by atoms with van der Waals surface area (Å²) in [5, 5.41) is 4.28. The van der Waals surface area contributed by atoms with Crippen LogP contribution in [0, 0.1) is 0 Å². The van der Waals surface area contributed by atoms with Gasteiger partial charge in [-0.3, -0.25) is 0 Å². The molecule has 0 amide bonds. The van der Waals surface area contributed by atoms with E-state index >= 15 is 0 Å². The van der Waals surface area contributed by atoms with Gasteiger partial charge >= 0.3 is 0 Å². The Balaban J connectivity index is 1.19. The zero-order valence-corrected chi connectivity index (χ0v) is 23.8. The highest BCUT2D eigenvalue weighted by Gasteiger charge is 2.18. The Morgan fingerprint density at radius 1 is 0.273 bits per heavy atom. The first-order chi connectivity index (χ1) is 21.8. The molecule has 0 radical (unpaired) electrons. The van der Waals surface area contributed by atoms with Crippen LogP contribution in [0.25, 0.3) is 88.4 Å². The smallest absolute Gasteiger partial charge is 0.143 e. The quantitative estimate of drug-likeness (QED) is 0.213. The molecule has 0 saturated carbocycles. The van der Waals surface area contributed by atoms with Gasteiger partial charge in [-0.15, -0.1) is 0 Å². The Labute approximate surface area is 254 Å². The fourth-order valence-electron chi connectivity index (χ4n) is 6.54. The molecular formula is C42H26O2. The van der Waals surface area contributed by atoms with E-state index in [4.69, 9.17) is 8.83 Å². The largest absolute Gasteiger partial charge is 0.455 e. The zero-order valence-electron chi connectivity index (χ0n) is 23.8. The van der Waals surface area contributed by atoms with Crippen molar-refractivity contribution in [3.05, 3.63) is 158 Å². The number of fused-ring (bicyclic) bond motifs is 6. The third kappa shape index (κ3) is 3.96. The monoisotopic (exact) mass is 562 g/mol. The average Bonchev–Trinajstić information content (AvgIpc) is 3.65. The fraction of sp³-hybridized carbons (Fsp3) is 0. The maximum absolute atomic E-state index is 6.65. The van der Waals surface area contributed by atoms with Crippen LogP contribution in [-0.4, -0.2) is 0 Å². The van der Waals surface area contributed by atoms with E-state index in [0.29, 0.717) is 0 Å². The summed E-state index contributed by atoms with van der Waals surface area (Å²) in [6, 6.07) is 55.4. The first-order valence-corrected chi connectivity index (χ1v) is 14.9. The van der Waals surface area contributed by atoms with Crippen molar-refractivity contribution >= 4 is 43.9 Å². The van der Waals surface area contributed by atoms with Crippen molar-refractivity contribution < 1.29 is 8.83 Å². The van der Waals surface area contributed by atoms with Gasteiger partial charge in [0.15, 0.2) is 0 Å². The summed E-state index contributed by atoms with van der Waals surface area (Å²) in [5.74, 6) is 0. The molecule has 0 fully saturated rings. The molecule has 0 bridgehead atoms. The number of para-hydroxylation sites is 2. The van der Waals surface area contributed by atoms with Crippen molar-refractivity contribution in [1.29, 1.82) is 0 Å². The van der Waals surface area contributed by atoms with Crippen molar-refractivity contribution in [1.82, 2.24) is 0 Å². The van der Waals surface area contributed by atoms with Crippen molar-refractivity contribution in [2.24, 2.45) is 0 Å². The van der Waals surface area contributed by atoms with Gasteiger partial charge in [0.05, 0.1) is 0 Å². The van der Waals surface area contributed by atoms with Crippen LogP contribution in [0.4, 0.5) is 0 Å². The second-order valence-corrected chi connectivity index (χ2v) is 11.3. The zero-order chi connectivity index (χ0) is 29.0. The number of hydrogen-bond donors (Lipinski definition) is 0. The molecule has 0 unspecified atom stereocenters. The molecule has 44 heavy (non-hydrogen) atoms. The van der Waals surface area contributed by atoms with Crippen molar-refractivity contribution in [2.75, 3.05) is 0 Å². The summed E-state index contributed by atoms with van der Waals surface area (Å²) >= 11 is 0. The van der Waals surface area contributed by atoms with Crippen molar-refractivity contribution in [2.45, 2.75) is 0 Å². The number of benzene rings is 7. The summed E-state index contributed by atoms with van der Waals surface area (Å²) in [7, 11) is 0. The Morgan fingerprint density at radius 2 is 0.659 bits per heavy atom. The van der Waals surface area contributed by atoms with Crippen LogP contribution in [0.2, 0.25) is 0 Å².